The lowest BCUT2D eigenvalue weighted by atomic mass is 10.3. The zero-order valence-corrected chi connectivity index (χ0v) is 12.5. The van der Waals surface area contributed by atoms with Crippen LogP contribution in [0.25, 0.3) is 0 Å². The Kier molecular flexibility index (Phi) is 5.70. The van der Waals surface area contributed by atoms with E-state index in [0.717, 1.165) is 5.06 Å². The van der Waals surface area contributed by atoms with E-state index in [1.54, 1.807) is 13.8 Å². The molecular formula is C12H20N2O5S. The van der Waals surface area contributed by atoms with Gasteiger partial charge in [-0.2, -0.15) is 0 Å². The second-order valence-electron chi connectivity index (χ2n) is 4.52. The summed E-state index contributed by atoms with van der Waals surface area (Å²) in [6.07, 6.45) is 1.60. The third kappa shape index (κ3) is 4.04. The van der Waals surface area contributed by atoms with Crippen LogP contribution in [0.15, 0.2) is 12.3 Å². The van der Waals surface area contributed by atoms with Crippen LogP contribution in [0.1, 0.15) is 39.5 Å². The zero-order valence-electron chi connectivity index (χ0n) is 11.7. The number of carbonyl (C=O) groups is 2. The first-order chi connectivity index (χ1) is 9.31. The lowest BCUT2D eigenvalue weighted by Crippen LogP contribution is -2.39. The molecule has 0 unspecified atom stereocenters. The van der Waals surface area contributed by atoms with Crippen molar-refractivity contribution in [2.24, 2.45) is 0 Å². The minimum absolute atomic E-state index is 0.242. The van der Waals surface area contributed by atoms with E-state index < -0.39 is 27.8 Å². The Labute approximate surface area is 119 Å². The summed E-state index contributed by atoms with van der Waals surface area (Å²) in [5.74, 6) is -1.19. The molecule has 1 aliphatic rings. The number of amides is 1. The molecule has 1 saturated heterocycles. The Balaban J connectivity index is 2.51. The van der Waals surface area contributed by atoms with Crippen molar-refractivity contribution in [1.82, 2.24) is 9.79 Å². The van der Waals surface area contributed by atoms with Crippen LogP contribution in [0.3, 0.4) is 0 Å². The van der Waals surface area contributed by atoms with Crippen molar-refractivity contribution in [3.05, 3.63) is 12.3 Å². The Morgan fingerprint density at radius 1 is 1.40 bits per heavy atom. The van der Waals surface area contributed by atoms with Gasteiger partial charge in [0.2, 0.25) is 10.0 Å². The minimum Gasteiger partial charge on any atom is -0.332 e. The fourth-order valence-electron chi connectivity index (χ4n) is 1.89. The van der Waals surface area contributed by atoms with Crippen LogP contribution in [0, 0.1) is 0 Å². The fourth-order valence-corrected chi connectivity index (χ4v) is 3.32. The molecule has 0 atom stereocenters. The molecule has 0 aliphatic carbocycles. The molecule has 0 saturated carbocycles. The van der Waals surface area contributed by atoms with Crippen LogP contribution in [-0.2, 0) is 24.4 Å². The highest BCUT2D eigenvalue weighted by atomic mass is 32.2. The highest BCUT2D eigenvalue weighted by Crippen LogP contribution is 2.20. The molecular weight excluding hydrogens is 284 g/mol. The van der Waals surface area contributed by atoms with Gasteiger partial charge in [0.15, 0.2) is 0 Å². The Morgan fingerprint density at radius 2 is 2.00 bits per heavy atom. The van der Waals surface area contributed by atoms with Gasteiger partial charge >= 0.3 is 5.97 Å². The van der Waals surface area contributed by atoms with Crippen molar-refractivity contribution in [3.63, 3.8) is 0 Å². The van der Waals surface area contributed by atoms with Gasteiger partial charge in [-0.05, 0) is 19.3 Å². The summed E-state index contributed by atoms with van der Waals surface area (Å²) < 4.78 is 25.9. The first kappa shape index (κ1) is 16.6. The molecule has 0 spiro atoms. The lowest BCUT2D eigenvalue weighted by molar-refractivity contribution is -0.185. The molecule has 1 amide bonds. The van der Waals surface area contributed by atoms with Crippen molar-refractivity contribution in [3.8, 4) is 0 Å². The maximum atomic E-state index is 11.8. The first-order valence-corrected chi connectivity index (χ1v) is 8.06. The maximum Gasteiger partial charge on any atom is 0.347 e. The molecule has 1 aliphatic heterocycles. The molecule has 1 fully saturated rings. The van der Waals surface area contributed by atoms with Crippen LogP contribution in [-0.4, -0.2) is 37.2 Å². The van der Waals surface area contributed by atoms with E-state index in [1.807, 2.05) is 0 Å². The summed E-state index contributed by atoms with van der Waals surface area (Å²) in [4.78, 5) is 27.7. The van der Waals surface area contributed by atoms with Crippen LogP contribution < -0.4 is 4.72 Å². The van der Waals surface area contributed by atoms with Gasteiger partial charge in [-0.3, -0.25) is 4.79 Å². The molecule has 7 nitrogen and oxygen atoms in total. The Bertz CT molecular complexity index is 480. The van der Waals surface area contributed by atoms with Gasteiger partial charge in [0.25, 0.3) is 5.91 Å². The molecule has 0 radical (unpaired) electrons. The molecule has 0 aromatic heterocycles. The predicted octanol–water partition coefficient (Wildman–Crippen LogP) is 0.689. The van der Waals surface area contributed by atoms with Crippen molar-refractivity contribution in [2.45, 2.75) is 44.8 Å². The minimum atomic E-state index is -3.55. The number of nitrogens with one attached hydrogen (secondary N) is 1. The Morgan fingerprint density at radius 3 is 2.45 bits per heavy atom. The smallest absolute Gasteiger partial charge is 0.332 e. The first-order valence-electron chi connectivity index (χ1n) is 6.51. The number of hydrogen-bond donors (Lipinski definition) is 1. The zero-order chi connectivity index (χ0) is 15.3. The molecule has 0 bridgehead atoms. The predicted molar refractivity (Wildman–Crippen MR) is 72.6 cm³/mol. The lowest BCUT2D eigenvalue weighted by Gasteiger charge is -2.17. The topological polar surface area (TPSA) is 92.8 Å². The number of sulfonamides is 1. The average molecular weight is 304 g/mol. The van der Waals surface area contributed by atoms with Crippen molar-refractivity contribution in [2.75, 3.05) is 6.54 Å². The number of rotatable bonds is 7. The quantitative estimate of drug-likeness (QED) is 0.747. The van der Waals surface area contributed by atoms with E-state index in [4.69, 9.17) is 4.84 Å². The van der Waals surface area contributed by atoms with E-state index in [1.165, 1.54) is 0 Å². The second kappa shape index (κ2) is 6.85. The third-order valence-corrected chi connectivity index (χ3v) is 5.19. The summed E-state index contributed by atoms with van der Waals surface area (Å²) in [5.41, 5.74) is 0.395. The van der Waals surface area contributed by atoms with Crippen LogP contribution >= 0.6 is 0 Å². The summed E-state index contributed by atoms with van der Waals surface area (Å²) in [7, 11) is -3.55. The SMILES string of the molecule is C=C1CCC(=O)N1OC(=O)CNS(=O)(=O)C(CC)CC. The van der Waals surface area contributed by atoms with Crippen LogP contribution in [0.2, 0.25) is 0 Å². The molecule has 8 heteroatoms. The number of hydrogen-bond acceptors (Lipinski definition) is 5. The van der Waals surface area contributed by atoms with Crippen LogP contribution in [0.4, 0.5) is 0 Å². The van der Waals surface area contributed by atoms with Crippen molar-refractivity contribution in [1.29, 1.82) is 0 Å². The van der Waals surface area contributed by atoms with E-state index in [2.05, 4.69) is 11.3 Å². The van der Waals surface area contributed by atoms with Gasteiger partial charge in [-0.25, -0.2) is 17.9 Å². The Hall–Kier alpha value is -1.41. The third-order valence-electron chi connectivity index (χ3n) is 3.10. The average Bonchev–Trinajstić information content (AvgIpc) is 2.69. The standard InChI is InChI=1S/C12H20N2O5S/c1-4-10(5-2)20(17,18)13-8-12(16)19-14-9(3)6-7-11(14)15/h10,13H,3-8H2,1-2H3. The molecule has 0 aromatic rings. The van der Waals surface area contributed by atoms with Gasteiger partial charge in [0.1, 0.15) is 6.54 Å². The fraction of sp³-hybridized carbons (Fsp3) is 0.667. The molecule has 1 N–H and O–H groups in total. The summed E-state index contributed by atoms with van der Waals surface area (Å²) >= 11 is 0. The van der Waals surface area contributed by atoms with Gasteiger partial charge in [0.05, 0.1) is 10.9 Å². The largest absolute Gasteiger partial charge is 0.347 e. The van der Waals surface area contributed by atoms with E-state index in [9.17, 15) is 18.0 Å². The number of hydroxylamine groups is 2. The summed E-state index contributed by atoms with van der Waals surface area (Å²) in [5, 5.41) is 0.284. The van der Waals surface area contributed by atoms with E-state index >= 15 is 0 Å². The second-order valence-corrected chi connectivity index (χ2v) is 6.57. The molecule has 0 aromatic carbocycles. The van der Waals surface area contributed by atoms with Crippen molar-refractivity contribution >= 4 is 21.9 Å². The monoisotopic (exact) mass is 304 g/mol. The molecule has 114 valence electrons. The number of carbonyl (C=O) groups excluding carboxylic acids is 2. The van der Waals surface area contributed by atoms with Crippen molar-refractivity contribution < 1.29 is 22.8 Å². The number of nitrogens with zero attached hydrogens (tertiary/aromatic N) is 1. The maximum absolute atomic E-state index is 11.8. The normalized spacial score (nSPS) is 16.1. The molecule has 1 heterocycles. The molecule has 20 heavy (non-hydrogen) atoms. The summed E-state index contributed by atoms with van der Waals surface area (Å²) in [6, 6.07) is 0. The highest BCUT2D eigenvalue weighted by molar-refractivity contribution is 7.90. The number of allylic oxidation sites excluding steroid dienone is 1. The van der Waals surface area contributed by atoms with Crippen LogP contribution in [0.5, 0.6) is 0 Å². The van der Waals surface area contributed by atoms with Gasteiger partial charge in [0, 0.05) is 6.42 Å². The van der Waals surface area contributed by atoms with E-state index in [-0.39, 0.29) is 12.3 Å². The van der Waals surface area contributed by atoms with E-state index in [0.29, 0.717) is 25.0 Å². The van der Waals surface area contributed by atoms with Gasteiger partial charge < -0.3 is 4.84 Å². The van der Waals surface area contributed by atoms with Gasteiger partial charge in [-0.15, -0.1) is 5.06 Å². The molecule has 1 rings (SSSR count). The highest BCUT2D eigenvalue weighted by Gasteiger charge is 2.29. The summed E-state index contributed by atoms with van der Waals surface area (Å²) in [6.45, 7) is 6.61. The van der Waals surface area contributed by atoms with Gasteiger partial charge in [-0.1, -0.05) is 20.4 Å².